The van der Waals surface area contributed by atoms with Gasteiger partial charge in [-0.15, -0.1) is 0 Å². The third-order valence-corrected chi connectivity index (χ3v) is 2.62. The summed E-state index contributed by atoms with van der Waals surface area (Å²) in [6, 6.07) is 0.318. The molecule has 0 saturated carbocycles. The maximum absolute atomic E-state index is 6.11. The number of aromatic nitrogens is 4. The molecule has 16 heavy (non-hydrogen) atoms. The van der Waals surface area contributed by atoms with E-state index in [0.29, 0.717) is 11.9 Å². The first-order valence-electron chi connectivity index (χ1n) is 5.34. The average molecular weight is 219 g/mol. The molecule has 0 spiro atoms. The van der Waals surface area contributed by atoms with Crippen molar-refractivity contribution in [1.29, 1.82) is 0 Å². The average Bonchev–Trinajstić information content (AvgIpc) is 2.70. The van der Waals surface area contributed by atoms with Crippen LogP contribution in [0.3, 0.4) is 0 Å². The SMILES string of the molecule is Cc1nc(-c2cnn(C)c2)c(N)n1C(C)C. The third kappa shape index (κ3) is 1.58. The van der Waals surface area contributed by atoms with Gasteiger partial charge in [-0.2, -0.15) is 5.10 Å². The number of nitrogens with two attached hydrogens (primary N) is 1. The predicted octanol–water partition coefficient (Wildman–Crippen LogP) is 1.76. The van der Waals surface area contributed by atoms with Crippen LogP contribution in [0.1, 0.15) is 25.7 Å². The Morgan fingerprint density at radius 1 is 1.38 bits per heavy atom. The summed E-state index contributed by atoms with van der Waals surface area (Å²) in [6.45, 7) is 6.16. The summed E-state index contributed by atoms with van der Waals surface area (Å²) >= 11 is 0. The van der Waals surface area contributed by atoms with Crippen molar-refractivity contribution in [3.05, 3.63) is 18.2 Å². The number of nitrogen functional groups attached to an aromatic ring is 1. The lowest BCUT2D eigenvalue weighted by Crippen LogP contribution is -2.07. The van der Waals surface area contributed by atoms with E-state index in [1.165, 1.54) is 0 Å². The molecule has 2 rings (SSSR count). The fourth-order valence-corrected chi connectivity index (χ4v) is 1.97. The topological polar surface area (TPSA) is 61.7 Å². The Morgan fingerprint density at radius 3 is 2.50 bits per heavy atom. The lowest BCUT2D eigenvalue weighted by Gasteiger charge is -2.11. The first kappa shape index (κ1) is 10.7. The molecule has 0 aliphatic heterocycles. The number of imidazole rings is 1. The second-order valence-corrected chi connectivity index (χ2v) is 4.26. The molecule has 0 radical (unpaired) electrons. The van der Waals surface area contributed by atoms with Gasteiger partial charge in [0.15, 0.2) is 0 Å². The van der Waals surface area contributed by atoms with Gasteiger partial charge in [-0.25, -0.2) is 4.98 Å². The van der Waals surface area contributed by atoms with Crippen molar-refractivity contribution in [3.8, 4) is 11.3 Å². The summed E-state index contributed by atoms with van der Waals surface area (Å²) in [4.78, 5) is 4.50. The van der Waals surface area contributed by atoms with Gasteiger partial charge in [-0.3, -0.25) is 4.68 Å². The largest absolute Gasteiger partial charge is 0.383 e. The van der Waals surface area contributed by atoms with Crippen molar-refractivity contribution >= 4 is 5.82 Å². The van der Waals surface area contributed by atoms with Crippen molar-refractivity contribution in [2.24, 2.45) is 7.05 Å². The number of hydrogen-bond acceptors (Lipinski definition) is 3. The lowest BCUT2D eigenvalue weighted by molar-refractivity contribution is 0.590. The van der Waals surface area contributed by atoms with Crippen LogP contribution in [-0.4, -0.2) is 19.3 Å². The van der Waals surface area contributed by atoms with Gasteiger partial charge >= 0.3 is 0 Å². The molecule has 0 atom stereocenters. The second kappa shape index (κ2) is 3.66. The minimum Gasteiger partial charge on any atom is -0.383 e. The van der Waals surface area contributed by atoms with Gasteiger partial charge in [0.05, 0.1) is 6.20 Å². The van der Waals surface area contributed by atoms with E-state index in [4.69, 9.17) is 5.73 Å². The molecule has 0 aliphatic rings. The normalized spacial score (nSPS) is 11.3. The number of rotatable bonds is 2. The second-order valence-electron chi connectivity index (χ2n) is 4.26. The molecule has 0 unspecified atom stereocenters. The van der Waals surface area contributed by atoms with E-state index in [1.807, 2.05) is 24.7 Å². The van der Waals surface area contributed by atoms with Crippen LogP contribution in [0.4, 0.5) is 5.82 Å². The first-order chi connectivity index (χ1) is 7.50. The van der Waals surface area contributed by atoms with E-state index in [-0.39, 0.29) is 0 Å². The van der Waals surface area contributed by atoms with Crippen LogP contribution in [-0.2, 0) is 7.05 Å². The van der Waals surface area contributed by atoms with Crippen molar-refractivity contribution < 1.29 is 0 Å². The van der Waals surface area contributed by atoms with Gasteiger partial charge in [-0.05, 0) is 20.8 Å². The van der Waals surface area contributed by atoms with E-state index >= 15 is 0 Å². The van der Waals surface area contributed by atoms with Crippen LogP contribution in [0.5, 0.6) is 0 Å². The zero-order valence-electron chi connectivity index (χ0n) is 10.1. The maximum atomic E-state index is 6.11. The highest BCUT2D eigenvalue weighted by molar-refractivity contribution is 5.70. The third-order valence-electron chi connectivity index (χ3n) is 2.62. The molecule has 2 heterocycles. The number of nitrogens with zero attached hydrogens (tertiary/aromatic N) is 4. The van der Waals surface area contributed by atoms with Crippen LogP contribution < -0.4 is 5.73 Å². The molecule has 2 aromatic rings. The molecule has 0 bridgehead atoms. The van der Waals surface area contributed by atoms with Crippen molar-refractivity contribution in [2.45, 2.75) is 26.8 Å². The zero-order chi connectivity index (χ0) is 11.9. The fourth-order valence-electron chi connectivity index (χ4n) is 1.97. The van der Waals surface area contributed by atoms with Crippen molar-refractivity contribution in [1.82, 2.24) is 19.3 Å². The van der Waals surface area contributed by atoms with E-state index in [2.05, 4.69) is 23.9 Å². The minimum atomic E-state index is 0.318. The highest BCUT2D eigenvalue weighted by atomic mass is 15.2. The molecule has 86 valence electrons. The van der Waals surface area contributed by atoms with Crippen LogP contribution in [0.15, 0.2) is 12.4 Å². The molecule has 0 aliphatic carbocycles. The van der Waals surface area contributed by atoms with Gasteiger partial charge in [-0.1, -0.05) is 0 Å². The number of anilines is 1. The Morgan fingerprint density at radius 2 is 2.06 bits per heavy atom. The molecule has 0 amide bonds. The standard InChI is InChI=1S/C11H17N5/c1-7(2)16-8(3)14-10(11(16)12)9-5-13-15(4)6-9/h5-7H,12H2,1-4H3. The van der Waals surface area contributed by atoms with Crippen LogP contribution in [0, 0.1) is 6.92 Å². The smallest absolute Gasteiger partial charge is 0.132 e. The van der Waals surface area contributed by atoms with Gasteiger partial charge < -0.3 is 10.3 Å². The molecule has 0 fully saturated rings. The minimum absolute atomic E-state index is 0.318. The molecule has 2 N–H and O–H groups in total. The van der Waals surface area contributed by atoms with Gasteiger partial charge in [0.25, 0.3) is 0 Å². The van der Waals surface area contributed by atoms with Crippen LogP contribution in [0.25, 0.3) is 11.3 Å². The van der Waals surface area contributed by atoms with Gasteiger partial charge in [0.1, 0.15) is 17.3 Å². The van der Waals surface area contributed by atoms with Crippen LogP contribution in [0.2, 0.25) is 0 Å². The molecular weight excluding hydrogens is 202 g/mol. The summed E-state index contributed by atoms with van der Waals surface area (Å²) in [5, 5.41) is 4.13. The fraction of sp³-hybridized carbons (Fsp3) is 0.455. The summed E-state index contributed by atoms with van der Waals surface area (Å²) in [7, 11) is 1.88. The van der Waals surface area contributed by atoms with E-state index in [1.54, 1.807) is 10.9 Å². The predicted molar refractivity (Wildman–Crippen MR) is 64.0 cm³/mol. The molecular formula is C11H17N5. The lowest BCUT2D eigenvalue weighted by atomic mass is 10.2. The Bertz CT molecular complexity index is 506. The van der Waals surface area contributed by atoms with Crippen molar-refractivity contribution in [3.63, 3.8) is 0 Å². The Labute approximate surface area is 94.9 Å². The number of aryl methyl sites for hydroxylation is 2. The van der Waals surface area contributed by atoms with Crippen molar-refractivity contribution in [2.75, 3.05) is 5.73 Å². The quantitative estimate of drug-likeness (QED) is 0.837. The maximum Gasteiger partial charge on any atom is 0.132 e. The summed E-state index contributed by atoms with van der Waals surface area (Å²) in [5.74, 6) is 1.65. The molecule has 5 heteroatoms. The summed E-state index contributed by atoms with van der Waals surface area (Å²) in [5.41, 5.74) is 7.89. The Kier molecular flexibility index (Phi) is 2.46. The summed E-state index contributed by atoms with van der Waals surface area (Å²) < 4.78 is 3.78. The van der Waals surface area contributed by atoms with E-state index in [9.17, 15) is 0 Å². The molecule has 2 aromatic heterocycles. The van der Waals surface area contributed by atoms with Gasteiger partial charge in [0.2, 0.25) is 0 Å². The zero-order valence-corrected chi connectivity index (χ0v) is 10.1. The molecule has 0 saturated heterocycles. The highest BCUT2D eigenvalue weighted by Crippen LogP contribution is 2.28. The molecule has 0 aromatic carbocycles. The monoisotopic (exact) mass is 219 g/mol. The summed E-state index contributed by atoms with van der Waals surface area (Å²) in [6.07, 6.45) is 3.70. The Balaban J connectivity index is 2.55. The van der Waals surface area contributed by atoms with E-state index < -0.39 is 0 Å². The highest BCUT2D eigenvalue weighted by Gasteiger charge is 2.16. The van der Waals surface area contributed by atoms with E-state index in [0.717, 1.165) is 17.1 Å². The van der Waals surface area contributed by atoms with Crippen LogP contribution >= 0.6 is 0 Å². The Hall–Kier alpha value is -1.78. The van der Waals surface area contributed by atoms with Gasteiger partial charge in [0, 0.05) is 24.8 Å². The number of hydrogen-bond donors (Lipinski definition) is 1. The first-order valence-corrected chi connectivity index (χ1v) is 5.34. The molecule has 5 nitrogen and oxygen atoms in total.